The number of carbonyl (C=O) groups is 1. The first-order valence-corrected chi connectivity index (χ1v) is 8.49. The van der Waals surface area contributed by atoms with Gasteiger partial charge in [0.05, 0.1) is 12.8 Å². The third-order valence-corrected chi connectivity index (χ3v) is 3.50. The third-order valence-electron chi connectivity index (χ3n) is 3.50. The molecule has 130 valence electrons. The normalized spacial score (nSPS) is 10.6. The van der Waals surface area contributed by atoms with Crippen LogP contribution in [-0.2, 0) is 22.5 Å². The van der Waals surface area contributed by atoms with Gasteiger partial charge in [0, 0.05) is 12.1 Å². The smallest absolute Gasteiger partial charge is 0.344 e. The Bertz CT molecular complexity index is 667. The van der Waals surface area contributed by atoms with Gasteiger partial charge in [-0.2, -0.15) is 0 Å². The zero-order valence-corrected chi connectivity index (χ0v) is 14.6. The van der Waals surface area contributed by atoms with E-state index in [2.05, 4.69) is 30.2 Å². The van der Waals surface area contributed by atoms with Gasteiger partial charge in [-0.05, 0) is 37.5 Å². The molecule has 1 aromatic heterocycles. The van der Waals surface area contributed by atoms with Crippen LogP contribution in [0.15, 0.2) is 24.4 Å². The van der Waals surface area contributed by atoms with Crippen LogP contribution in [-0.4, -0.2) is 34.2 Å². The third kappa shape index (κ3) is 4.81. The Balaban J connectivity index is 2.26. The summed E-state index contributed by atoms with van der Waals surface area (Å²) in [6, 6.07) is 5.96. The van der Waals surface area contributed by atoms with Crippen molar-refractivity contribution in [2.75, 3.05) is 13.2 Å². The molecule has 24 heavy (non-hydrogen) atoms. The molecule has 0 fully saturated rings. The summed E-state index contributed by atoms with van der Waals surface area (Å²) < 4.78 is 12.4. The van der Waals surface area contributed by atoms with Gasteiger partial charge in [-0.1, -0.05) is 31.5 Å². The number of nitrogens with zero attached hydrogens (tertiary/aromatic N) is 3. The van der Waals surface area contributed by atoms with Crippen LogP contribution in [0.5, 0.6) is 5.75 Å². The van der Waals surface area contributed by atoms with E-state index in [4.69, 9.17) is 9.47 Å². The highest BCUT2D eigenvalue weighted by Gasteiger charge is 2.13. The molecular weight excluding hydrogens is 306 g/mol. The molecule has 0 spiro atoms. The van der Waals surface area contributed by atoms with E-state index in [1.807, 2.05) is 23.0 Å². The monoisotopic (exact) mass is 331 g/mol. The predicted molar refractivity (Wildman–Crippen MR) is 91.9 cm³/mol. The molecule has 0 amide bonds. The molecule has 6 heteroatoms. The van der Waals surface area contributed by atoms with E-state index in [1.54, 1.807) is 6.92 Å². The van der Waals surface area contributed by atoms with Crippen LogP contribution >= 0.6 is 0 Å². The van der Waals surface area contributed by atoms with Crippen molar-refractivity contribution in [3.05, 3.63) is 30.0 Å². The summed E-state index contributed by atoms with van der Waals surface area (Å²) in [4.78, 5) is 11.5. The minimum Gasteiger partial charge on any atom is -0.481 e. The van der Waals surface area contributed by atoms with E-state index in [9.17, 15) is 4.79 Å². The number of benzene rings is 1. The lowest BCUT2D eigenvalue weighted by Gasteiger charge is -2.11. The molecule has 1 heterocycles. The SMILES string of the molecule is CCCc1ccc(OCC(=O)OCC)c(-c2cn(CCC)nn2)c1. The van der Waals surface area contributed by atoms with Crippen molar-refractivity contribution >= 4 is 5.97 Å². The number of ether oxygens (including phenoxy) is 2. The van der Waals surface area contributed by atoms with Crippen molar-refractivity contribution < 1.29 is 14.3 Å². The standard InChI is InChI=1S/C18H25N3O3/c1-4-7-14-8-9-17(24-13-18(22)23-6-3)15(11-14)16-12-21(10-5-2)20-19-16/h8-9,11-12H,4-7,10,13H2,1-3H3. The van der Waals surface area contributed by atoms with Crippen LogP contribution in [0.25, 0.3) is 11.3 Å². The average Bonchev–Trinajstić information content (AvgIpc) is 3.03. The highest BCUT2D eigenvalue weighted by atomic mass is 16.6. The van der Waals surface area contributed by atoms with E-state index in [1.165, 1.54) is 5.56 Å². The van der Waals surface area contributed by atoms with Gasteiger partial charge >= 0.3 is 5.97 Å². The number of carbonyl (C=O) groups excluding carboxylic acids is 1. The van der Waals surface area contributed by atoms with E-state index in [0.717, 1.165) is 37.1 Å². The Morgan fingerprint density at radius 2 is 2.04 bits per heavy atom. The van der Waals surface area contributed by atoms with Crippen LogP contribution in [0.2, 0.25) is 0 Å². The maximum absolute atomic E-state index is 11.5. The van der Waals surface area contributed by atoms with Gasteiger partial charge in [0.15, 0.2) is 6.61 Å². The van der Waals surface area contributed by atoms with Crippen molar-refractivity contribution in [1.29, 1.82) is 0 Å². The van der Waals surface area contributed by atoms with Crippen molar-refractivity contribution in [3.8, 4) is 17.0 Å². The number of aromatic nitrogens is 3. The van der Waals surface area contributed by atoms with E-state index in [-0.39, 0.29) is 12.6 Å². The van der Waals surface area contributed by atoms with Crippen LogP contribution in [0.1, 0.15) is 39.2 Å². The predicted octanol–water partition coefficient (Wildman–Crippen LogP) is 3.25. The minimum atomic E-state index is -0.379. The molecule has 2 aromatic rings. The first-order chi connectivity index (χ1) is 11.7. The maximum Gasteiger partial charge on any atom is 0.344 e. The molecule has 0 radical (unpaired) electrons. The van der Waals surface area contributed by atoms with Gasteiger partial charge in [-0.15, -0.1) is 5.10 Å². The molecular formula is C18H25N3O3. The Labute approximate surface area is 142 Å². The highest BCUT2D eigenvalue weighted by molar-refractivity contribution is 5.72. The molecule has 0 bridgehead atoms. The van der Waals surface area contributed by atoms with Crippen molar-refractivity contribution in [3.63, 3.8) is 0 Å². The highest BCUT2D eigenvalue weighted by Crippen LogP contribution is 2.30. The van der Waals surface area contributed by atoms with Gasteiger partial charge in [0.2, 0.25) is 0 Å². The lowest BCUT2D eigenvalue weighted by Crippen LogP contribution is -2.15. The summed E-state index contributed by atoms with van der Waals surface area (Å²) in [6.45, 7) is 7.06. The van der Waals surface area contributed by atoms with Crippen molar-refractivity contribution in [2.24, 2.45) is 0 Å². The Kier molecular flexibility index (Phi) is 6.78. The van der Waals surface area contributed by atoms with Gasteiger partial charge in [0.1, 0.15) is 11.4 Å². The second-order valence-electron chi connectivity index (χ2n) is 5.54. The molecule has 0 aliphatic carbocycles. The first kappa shape index (κ1) is 18.0. The summed E-state index contributed by atoms with van der Waals surface area (Å²) in [5, 5.41) is 8.39. The van der Waals surface area contributed by atoms with Gasteiger partial charge in [0.25, 0.3) is 0 Å². The Morgan fingerprint density at radius 3 is 2.75 bits per heavy atom. The molecule has 0 aliphatic rings. The molecule has 0 unspecified atom stereocenters. The Hall–Kier alpha value is -2.37. The summed E-state index contributed by atoms with van der Waals surface area (Å²) in [7, 11) is 0. The largest absolute Gasteiger partial charge is 0.481 e. The van der Waals surface area contributed by atoms with Crippen molar-refractivity contribution in [2.45, 2.75) is 46.6 Å². The minimum absolute atomic E-state index is 0.114. The van der Waals surface area contributed by atoms with E-state index >= 15 is 0 Å². The molecule has 2 rings (SSSR count). The zero-order valence-electron chi connectivity index (χ0n) is 14.6. The molecule has 0 saturated carbocycles. The number of esters is 1. The fraction of sp³-hybridized carbons (Fsp3) is 0.500. The summed E-state index contributed by atoms with van der Waals surface area (Å²) in [6.07, 6.45) is 4.94. The molecule has 0 atom stereocenters. The zero-order chi connectivity index (χ0) is 17.4. The molecule has 0 aliphatic heterocycles. The number of hydrogen-bond donors (Lipinski definition) is 0. The first-order valence-electron chi connectivity index (χ1n) is 8.49. The average molecular weight is 331 g/mol. The van der Waals surface area contributed by atoms with Crippen LogP contribution in [0, 0.1) is 0 Å². The van der Waals surface area contributed by atoms with Gasteiger partial charge in [-0.3, -0.25) is 4.68 Å². The Morgan fingerprint density at radius 1 is 1.21 bits per heavy atom. The molecule has 0 saturated heterocycles. The van der Waals surface area contributed by atoms with Gasteiger partial charge in [-0.25, -0.2) is 4.79 Å². The lowest BCUT2D eigenvalue weighted by molar-refractivity contribution is -0.145. The topological polar surface area (TPSA) is 66.2 Å². The fourth-order valence-corrected chi connectivity index (χ4v) is 2.45. The number of aryl methyl sites for hydroxylation is 2. The summed E-state index contributed by atoms with van der Waals surface area (Å²) >= 11 is 0. The van der Waals surface area contributed by atoms with Gasteiger partial charge < -0.3 is 9.47 Å². The molecule has 0 N–H and O–H groups in total. The van der Waals surface area contributed by atoms with E-state index in [0.29, 0.717) is 12.4 Å². The molecule has 6 nitrogen and oxygen atoms in total. The fourth-order valence-electron chi connectivity index (χ4n) is 2.45. The van der Waals surface area contributed by atoms with Crippen LogP contribution < -0.4 is 4.74 Å². The van der Waals surface area contributed by atoms with E-state index < -0.39 is 0 Å². The van der Waals surface area contributed by atoms with Crippen LogP contribution in [0.3, 0.4) is 0 Å². The second-order valence-corrected chi connectivity index (χ2v) is 5.54. The van der Waals surface area contributed by atoms with Crippen molar-refractivity contribution in [1.82, 2.24) is 15.0 Å². The second kappa shape index (κ2) is 9.05. The lowest BCUT2D eigenvalue weighted by atomic mass is 10.0. The number of rotatable bonds is 9. The van der Waals surface area contributed by atoms with Crippen LogP contribution in [0.4, 0.5) is 0 Å². The molecule has 1 aromatic carbocycles. The summed E-state index contributed by atoms with van der Waals surface area (Å²) in [5.41, 5.74) is 2.81. The summed E-state index contributed by atoms with van der Waals surface area (Å²) in [5.74, 6) is 0.238. The maximum atomic E-state index is 11.5. The quantitative estimate of drug-likeness (QED) is 0.660. The number of hydrogen-bond acceptors (Lipinski definition) is 5.